The molecule has 6 nitrogen and oxygen atoms in total. The number of hydrogen-bond donors (Lipinski definition) is 0. The summed E-state index contributed by atoms with van der Waals surface area (Å²) >= 11 is 0. The molecule has 1 heterocycles. The van der Waals surface area contributed by atoms with Crippen molar-refractivity contribution in [1.29, 1.82) is 0 Å². The normalized spacial score (nSPS) is 19.9. The molecule has 1 saturated heterocycles. The molecule has 0 aromatic heterocycles. The number of carbonyl (C=O) groups excluding carboxylic acids is 1. The number of hydrogen-bond acceptors (Lipinski definition) is 5. The monoisotopic (exact) mass is 277 g/mol. The van der Waals surface area contributed by atoms with E-state index in [0.717, 1.165) is 31.9 Å². The van der Waals surface area contributed by atoms with E-state index >= 15 is 0 Å². The van der Waals surface area contributed by atoms with Crippen LogP contribution in [0.15, 0.2) is 18.2 Å². The van der Waals surface area contributed by atoms with Gasteiger partial charge in [0.2, 0.25) is 0 Å². The molecule has 1 aliphatic rings. The van der Waals surface area contributed by atoms with Crippen molar-refractivity contribution in [2.24, 2.45) is 0 Å². The Morgan fingerprint density at radius 3 is 2.75 bits per heavy atom. The lowest BCUT2D eigenvalue weighted by Crippen LogP contribution is -2.51. The van der Waals surface area contributed by atoms with E-state index in [1.165, 1.54) is 6.07 Å². The van der Waals surface area contributed by atoms with Crippen molar-refractivity contribution in [3.8, 4) is 0 Å². The van der Waals surface area contributed by atoms with Crippen LogP contribution in [0.5, 0.6) is 0 Å². The van der Waals surface area contributed by atoms with Gasteiger partial charge in [0.15, 0.2) is 6.29 Å². The fourth-order valence-electron chi connectivity index (χ4n) is 2.70. The van der Waals surface area contributed by atoms with Gasteiger partial charge in [-0.05, 0) is 25.6 Å². The van der Waals surface area contributed by atoms with Crippen molar-refractivity contribution in [3.63, 3.8) is 0 Å². The Labute approximate surface area is 118 Å². The van der Waals surface area contributed by atoms with Crippen molar-refractivity contribution in [2.45, 2.75) is 19.9 Å². The number of aldehydes is 1. The molecule has 0 saturated carbocycles. The lowest BCUT2D eigenvalue weighted by atomic mass is 10.1. The molecule has 0 spiro atoms. The Morgan fingerprint density at radius 2 is 2.20 bits per heavy atom. The summed E-state index contributed by atoms with van der Waals surface area (Å²) in [5, 5.41) is 10.8. The van der Waals surface area contributed by atoms with E-state index < -0.39 is 4.92 Å². The summed E-state index contributed by atoms with van der Waals surface area (Å²) in [6.07, 6.45) is 0.549. The first-order chi connectivity index (χ1) is 9.56. The summed E-state index contributed by atoms with van der Waals surface area (Å²) in [6, 6.07) is 5.18. The van der Waals surface area contributed by atoms with Crippen molar-refractivity contribution in [1.82, 2.24) is 4.90 Å². The van der Waals surface area contributed by atoms with Gasteiger partial charge in [0.1, 0.15) is 0 Å². The Hall–Kier alpha value is -1.95. The first-order valence-electron chi connectivity index (χ1n) is 6.79. The van der Waals surface area contributed by atoms with Gasteiger partial charge < -0.3 is 4.90 Å². The average molecular weight is 277 g/mol. The molecule has 1 aliphatic heterocycles. The van der Waals surface area contributed by atoms with Gasteiger partial charge in [-0.2, -0.15) is 0 Å². The molecule has 0 radical (unpaired) electrons. The molecule has 1 aromatic carbocycles. The van der Waals surface area contributed by atoms with Gasteiger partial charge in [0.05, 0.1) is 10.5 Å². The van der Waals surface area contributed by atoms with E-state index in [0.29, 0.717) is 12.3 Å². The number of benzene rings is 1. The summed E-state index contributed by atoms with van der Waals surface area (Å²) in [5.41, 5.74) is 0.877. The Balaban J connectivity index is 2.22. The zero-order valence-electron chi connectivity index (χ0n) is 11.8. The Kier molecular flexibility index (Phi) is 4.34. The molecule has 1 unspecified atom stereocenters. The van der Waals surface area contributed by atoms with E-state index in [9.17, 15) is 14.9 Å². The first-order valence-corrected chi connectivity index (χ1v) is 6.79. The smallest absolute Gasteiger partial charge is 0.280 e. The summed E-state index contributed by atoms with van der Waals surface area (Å²) in [5.74, 6) is 0. The van der Waals surface area contributed by atoms with Gasteiger partial charge in [-0.3, -0.25) is 19.8 Å². The Morgan fingerprint density at radius 1 is 1.45 bits per heavy atom. The number of anilines is 1. The number of nitrogens with zero attached hydrogens (tertiary/aromatic N) is 3. The van der Waals surface area contributed by atoms with Gasteiger partial charge in [0, 0.05) is 37.4 Å². The van der Waals surface area contributed by atoms with E-state index in [4.69, 9.17) is 0 Å². The van der Waals surface area contributed by atoms with Crippen LogP contribution in [0.2, 0.25) is 0 Å². The SMILES string of the molecule is CCN1CCN(c2ccc([N+](=O)[O-])c(C=O)c2)CC1C. The van der Waals surface area contributed by atoms with Crippen LogP contribution in [0.25, 0.3) is 0 Å². The maximum Gasteiger partial charge on any atom is 0.280 e. The summed E-state index contributed by atoms with van der Waals surface area (Å²) in [4.78, 5) is 25.9. The van der Waals surface area contributed by atoms with Crippen LogP contribution in [-0.2, 0) is 0 Å². The van der Waals surface area contributed by atoms with Crippen LogP contribution in [0.3, 0.4) is 0 Å². The predicted molar refractivity (Wildman–Crippen MR) is 77.4 cm³/mol. The molecular weight excluding hydrogens is 258 g/mol. The third kappa shape index (κ3) is 2.80. The topological polar surface area (TPSA) is 66.7 Å². The minimum Gasteiger partial charge on any atom is -0.369 e. The summed E-state index contributed by atoms with van der Waals surface area (Å²) < 4.78 is 0. The minimum atomic E-state index is -0.523. The third-order valence-corrected chi connectivity index (χ3v) is 3.87. The molecule has 20 heavy (non-hydrogen) atoms. The van der Waals surface area contributed by atoms with Gasteiger partial charge in [-0.1, -0.05) is 6.92 Å². The van der Waals surface area contributed by atoms with Gasteiger partial charge in [-0.15, -0.1) is 0 Å². The van der Waals surface area contributed by atoms with Crippen LogP contribution < -0.4 is 4.90 Å². The highest BCUT2D eigenvalue weighted by Gasteiger charge is 2.24. The van der Waals surface area contributed by atoms with Crippen LogP contribution >= 0.6 is 0 Å². The van der Waals surface area contributed by atoms with Crippen LogP contribution in [-0.4, -0.2) is 48.3 Å². The van der Waals surface area contributed by atoms with Crippen molar-refractivity contribution in [2.75, 3.05) is 31.1 Å². The number of nitro benzene ring substituents is 1. The highest BCUT2D eigenvalue weighted by atomic mass is 16.6. The number of carbonyl (C=O) groups is 1. The standard InChI is InChI=1S/C14H19N3O3/c1-3-15-6-7-16(9-11(15)2)13-4-5-14(17(19)20)12(8-13)10-18/h4-5,8,10-11H,3,6-7,9H2,1-2H3. The molecule has 108 valence electrons. The molecular formula is C14H19N3O3. The lowest BCUT2D eigenvalue weighted by molar-refractivity contribution is -0.385. The molecule has 1 aromatic rings. The third-order valence-electron chi connectivity index (χ3n) is 3.87. The zero-order chi connectivity index (χ0) is 14.7. The molecule has 0 aliphatic carbocycles. The highest BCUT2D eigenvalue weighted by molar-refractivity contribution is 5.83. The van der Waals surface area contributed by atoms with E-state index in [1.807, 2.05) is 0 Å². The van der Waals surface area contributed by atoms with Gasteiger partial charge in [0.25, 0.3) is 5.69 Å². The van der Waals surface area contributed by atoms with Crippen LogP contribution in [0.1, 0.15) is 24.2 Å². The molecule has 1 atom stereocenters. The summed E-state index contributed by atoms with van der Waals surface area (Å²) in [6.45, 7) is 8.03. The van der Waals surface area contributed by atoms with E-state index in [2.05, 4.69) is 23.6 Å². The lowest BCUT2D eigenvalue weighted by Gasteiger charge is -2.40. The van der Waals surface area contributed by atoms with Crippen LogP contribution in [0.4, 0.5) is 11.4 Å². The highest BCUT2D eigenvalue weighted by Crippen LogP contribution is 2.25. The largest absolute Gasteiger partial charge is 0.369 e. The van der Waals surface area contributed by atoms with Gasteiger partial charge in [-0.25, -0.2) is 0 Å². The second kappa shape index (κ2) is 6.00. The predicted octanol–water partition coefficient (Wildman–Crippen LogP) is 1.94. The van der Waals surface area contributed by atoms with E-state index in [-0.39, 0.29) is 11.3 Å². The fourth-order valence-corrected chi connectivity index (χ4v) is 2.70. The second-order valence-corrected chi connectivity index (χ2v) is 5.04. The average Bonchev–Trinajstić information content (AvgIpc) is 2.46. The molecule has 1 fully saturated rings. The zero-order valence-corrected chi connectivity index (χ0v) is 11.8. The fraction of sp³-hybridized carbons (Fsp3) is 0.500. The van der Waals surface area contributed by atoms with Gasteiger partial charge >= 0.3 is 0 Å². The van der Waals surface area contributed by atoms with Crippen molar-refractivity contribution >= 4 is 17.7 Å². The number of nitro groups is 1. The molecule has 6 heteroatoms. The molecule has 0 N–H and O–H groups in total. The first kappa shape index (κ1) is 14.5. The van der Waals surface area contributed by atoms with E-state index in [1.54, 1.807) is 12.1 Å². The number of piperazine rings is 1. The number of likely N-dealkylation sites (N-methyl/N-ethyl adjacent to an activating group) is 1. The van der Waals surface area contributed by atoms with Crippen LogP contribution in [0, 0.1) is 10.1 Å². The minimum absolute atomic E-state index is 0.135. The molecule has 0 amide bonds. The summed E-state index contributed by atoms with van der Waals surface area (Å²) in [7, 11) is 0. The second-order valence-electron chi connectivity index (χ2n) is 5.04. The molecule has 0 bridgehead atoms. The quantitative estimate of drug-likeness (QED) is 0.478. The van der Waals surface area contributed by atoms with Crippen molar-refractivity contribution in [3.05, 3.63) is 33.9 Å². The number of rotatable bonds is 4. The maximum absolute atomic E-state index is 11.0. The Bertz CT molecular complexity index is 518. The molecule has 2 rings (SSSR count). The maximum atomic E-state index is 11.0. The van der Waals surface area contributed by atoms with Crippen molar-refractivity contribution < 1.29 is 9.72 Å².